The van der Waals surface area contributed by atoms with Crippen molar-refractivity contribution in [2.75, 3.05) is 26.9 Å². The van der Waals surface area contributed by atoms with E-state index in [1.807, 2.05) is 4.90 Å². The normalized spacial score (nSPS) is 25.5. The molecule has 2 aliphatic rings. The van der Waals surface area contributed by atoms with Crippen molar-refractivity contribution in [1.82, 2.24) is 4.90 Å². The lowest BCUT2D eigenvalue weighted by Gasteiger charge is -2.32. The fourth-order valence-electron chi connectivity index (χ4n) is 3.63. The van der Waals surface area contributed by atoms with Crippen molar-refractivity contribution in [1.29, 1.82) is 0 Å². The van der Waals surface area contributed by atoms with Gasteiger partial charge < -0.3 is 19.1 Å². The van der Waals surface area contributed by atoms with Gasteiger partial charge in [0.2, 0.25) is 5.91 Å². The fraction of sp³-hybridized carbons (Fsp3) is 0.526. The zero-order valence-corrected chi connectivity index (χ0v) is 14.4. The molecule has 3 atom stereocenters. The second-order valence-corrected chi connectivity index (χ2v) is 6.40. The van der Waals surface area contributed by atoms with Crippen molar-refractivity contribution in [3.8, 4) is 5.75 Å². The van der Waals surface area contributed by atoms with E-state index in [1.54, 1.807) is 18.2 Å². The van der Waals surface area contributed by atoms with Gasteiger partial charge in [0.15, 0.2) is 11.6 Å². The quantitative estimate of drug-likeness (QED) is 0.740. The lowest BCUT2D eigenvalue weighted by atomic mass is 10.0. The summed E-state index contributed by atoms with van der Waals surface area (Å²) >= 11 is 0. The molecule has 5 nitrogen and oxygen atoms in total. The zero-order valence-electron chi connectivity index (χ0n) is 14.4. The van der Waals surface area contributed by atoms with Gasteiger partial charge in [0.1, 0.15) is 12.2 Å². The maximum Gasteiger partial charge on any atom is 0.227 e. The summed E-state index contributed by atoms with van der Waals surface area (Å²) in [6, 6.07) is 4.65. The Hall–Kier alpha value is -1.92. The highest BCUT2D eigenvalue weighted by atomic mass is 19.1. The van der Waals surface area contributed by atoms with Crippen LogP contribution in [0, 0.1) is 5.82 Å². The lowest BCUT2D eigenvalue weighted by Crippen LogP contribution is -2.44. The molecule has 0 spiro atoms. The van der Waals surface area contributed by atoms with Crippen LogP contribution in [0.4, 0.5) is 4.39 Å². The predicted molar refractivity (Wildman–Crippen MR) is 91.1 cm³/mol. The minimum atomic E-state index is -0.458. The molecule has 2 fully saturated rings. The van der Waals surface area contributed by atoms with Gasteiger partial charge in [0.25, 0.3) is 0 Å². The van der Waals surface area contributed by atoms with Gasteiger partial charge in [-0.2, -0.15) is 0 Å². The Kier molecular flexibility index (Phi) is 5.71. The van der Waals surface area contributed by atoms with E-state index in [0.717, 1.165) is 12.8 Å². The van der Waals surface area contributed by atoms with Crippen LogP contribution < -0.4 is 4.74 Å². The van der Waals surface area contributed by atoms with E-state index in [0.29, 0.717) is 25.3 Å². The summed E-state index contributed by atoms with van der Waals surface area (Å²) < 4.78 is 30.4. The van der Waals surface area contributed by atoms with Crippen molar-refractivity contribution < 1.29 is 23.4 Å². The molecule has 2 aliphatic heterocycles. The summed E-state index contributed by atoms with van der Waals surface area (Å²) in [5.74, 6) is -0.314. The van der Waals surface area contributed by atoms with E-state index in [1.165, 1.54) is 13.2 Å². The second kappa shape index (κ2) is 7.97. The summed E-state index contributed by atoms with van der Waals surface area (Å²) in [7, 11) is 1.42. The van der Waals surface area contributed by atoms with E-state index < -0.39 is 5.82 Å². The first-order chi connectivity index (χ1) is 12.1. The van der Waals surface area contributed by atoms with Crippen molar-refractivity contribution in [2.45, 2.75) is 37.5 Å². The molecule has 25 heavy (non-hydrogen) atoms. The van der Waals surface area contributed by atoms with Crippen LogP contribution in [-0.4, -0.2) is 55.9 Å². The molecule has 0 N–H and O–H groups in total. The Morgan fingerprint density at radius 1 is 1.52 bits per heavy atom. The third kappa shape index (κ3) is 3.85. The molecule has 2 saturated heterocycles. The van der Waals surface area contributed by atoms with Gasteiger partial charge in [-0.15, -0.1) is 6.58 Å². The monoisotopic (exact) mass is 349 g/mol. The second-order valence-electron chi connectivity index (χ2n) is 6.40. The van der Waals surface area contributed by atoms with Crippen molar-refractivity contribution >= 4 is 5.91 Å². The standard InChI is InChI=1S/C19H24FNO4/c1-3-8-24-17-12-21(15-5-4-9-25-19(15)17)18(22)11-13-6-7-16(23-2)14(20)10-13/h3,6-7,10,15,17,19H,1,4-5,8-9,11-12H2,2H3/t15-,17+,19+/m1/s1. The Labute approximate surface area is 147 Å². The fourth-order valence-corrected chi connectivity index (χ4v) is 3.63. The average molecular weight is 349 g/mol. The van der Waals surface area contributed by atoms with Gasteiger partial charge in [-0.05, 0) is 30.5 Å². The smallest absolute Gasteiger partial charge is 0.227 e. The molecule has 136 valence electrons. The Morgan fingerprint density at radius 3 is 3.08 bits per heavy atom. The summed E-state index contributed by atoms with van der Waals surface area (Å²) in [6.07, 6.45) is 3.45. The molecule has 0 aliphatic carbocycles. The molecular formula is C19H24FNO4. The largest absolute Gasteiger partial charge is 0.494 e. The molecule has 1 aromatic carbocycles. The van der Waals surface area contributed by atoms with Crippen molar-refractivity contribution in [3.63, 3.8) is 0 Å². The van der Waals surface area contributed by atoms with Crippen LogP contribution in [0.25, 0.3) is 0 Å². The number of hydrogen-bond acceptors (Lipinski definition) is 4. The van der Waals surface area contributed by atoms with Crippen LogP contribution >= 0.6 is 0 Å². The zero-order chi connectivity index (χ0) is 17.8. The first-order valence-corrected chi connectivity index (χ1v) is 8.60. The number of nitrogens with zero attached hydrogens (tertiary/aromatic N) is 1. The minimum absolute atomic E-state index is 0.0270. The molecule has 2 heterocycles. The molecule has 0 aromatic heterocycles. The van der Waals surface area contributed by atoms with Crippen LogP contribution in [0.3, 0.4) is 0 Å². The number of hydrogen-bond donors (Lipinski definition) is 0. The highest BCUT2D eigenvalue weighted by molar-refractivity contribution is 5.79. The highest BCUT2D eigenvalue weighted by Crippen LogP contribution is 2.31. The summed E-state index contributed by atoms with van der Waals surface area (Å²) in [4.78, 5) is 14.6. The van der Waals surface area contributed by atoms with Crippen LogP contribution in [0.1, 0.15) is 18.4 Å². The summed E-state index contributed by atoms with van der Waals surface area (Å²) in [6.45, 7) is 5.30. The molecule has 0 saturated carbocycles. The Morgan fingerprint density at radius 2 is 2.36 bits per heavy atom. The van der Waals surface area contributed by atoms with Gasteiger partial charge in [-0.3, -0.25) is 4.79 Å². The van der Waals surface area contributed by atoms with Crippen molar-refractivity contribution in [3.05, 3.63) is 42.2 Å². The van der Waals surface area contributed by atoms with E-state index >= 15 is 0 Å². The number of amides is 1. The first-order valence-electron chi connectivity index (χ1n) is 8.60. The highest BCUT2D eigenvalue weighted by Gasteiger charge is 2.46. The van der Waals surface area contributed by atoms with Crippen molar-refractivity contribution in [2.24, 2.45) is 0 Å². The Bertz CT molecular complexity index is 636. The molecule has 0 bridgehead atoms. The van der Waals surface area contributed by atoms with E-state index in [9.17, 15) is 9.18 Å². The Balaban J connectivity index is 1.70. The SMILES string of the molecule is C=CCO[C@H]1CN(C(=O)Cc2ccc(OC)c(F)c2)[C@@H]2CCCO[C@H]12. The number of carbonyl (C=O) groups excluding carboxylic acids is 1. The summed E-state index contributed by atoms with van der Waals surface area (Å²) in [5.41, 5.74) is 0.632. The van der Waals surface area contributed by atoms with Gasteiger partial charge in [0, 0.05) is 13.2 Å². The number of ether oxygens (including phenoxy) is 3. The molecule has 1 amide bonds. The van der Waals surface area contributed by atoms with E-state index in [2.05, 4.69) is 6.58 Å². The number of halogens is 1. The van der Waals surface area contributed by atoms with Gasteiger partial charge in [0.05, 0.1) is 26.2 Å². The molecule has 0 radical (unpaired) electrons. The molecule has 3 rings (SSSR count). The number of methoxy groups -OCH3 is 1. The maximum atomic E-state index is 13.8. The lowest BCUT2D eigenvalue weighted by molar-refractivity contribution is -0.134. The number of rotatable bonds is 6. The van der Waals surface area contributed by atoms with Crippen LogP contribution in [-0.2, 0) is 20.7 Å². The van der Waals surface area contributed by atoms with Gasteiger partial charge in [-0.1, -0.05) is 12.1 Å². The minimum Gasteiger partial charge on any atom is -0.494 e. The summed E-state index contributed by atoms with van der Waals surface area (Å²) in [5, 5.41) is 0. The molecule has 0 unspecified atom stereocenters. The number of fused-ring (bicyclic) bond motifs is 1. The maximum absolute atomic E-state index is 13.8. The number of carbonyl (C=O) groups is 1. The predicted octanol–water partition coefficient (Wildman–Crippen LogP) is 2.34. The van der Waals surface area contributed by atoms with Crippen LogP contribution in [0.2, 0.25) is 0 Å². The molecule has 6 heteroatoms. The number of likely N-dealkylation sites (tertiary alicyclic amines) is 1. The van der Waals surface area contributed by atoms with E-state index in [-0.39, 0.29) is 36.3 Å². The number of benzene rings is 1. The average Bonchev–Trinajstić information content (AvgIpc) is 2.99. The van der Waals surface area contributed by atoms with Gasteiger partial charge >= 0.3 is 0 Å². The van der Waals surface area contributed by atoms with Crippen LogP contribution in [0.15, 0.2) is 30.9 Å². The van der Waals surface area contributed by atoms with Crippen LogP contribution in [0.5, 0.6) is 5.75 Å². The van der Waals surface area contributed by atoms with Gasteiger partial charge in [-0.25, -0.2) is 4.39 Å². The third-order valence-electron chi connectivity index (χ3n) is 4.80. The topological polar surface area (TPSA) is 48.0 Å². The molecule has 1 aromatic rings. The molecular weight excluding hydrogens is 325 g/mol. The first kappa shape index (κ1) is 17.9. The van der Waals surface area contributed by atoms with E-state index in [4.69, 9.17) is 14.2 Å². The third-order valence-corrected chi connectivity index (χ3v) is 4.80.